The Hall–Kier alpha value is -0.680. The predicted molar refractivity (Wildman–Crippen MR) is 39.3 cm³/mol. The summed E-state index contributed by atoms with van der Waals surface area (Å²) in [6.07, 6.45) is 0. The van der Waals surface area contributed by atoms with Gasteiger partial charge in [0.25, 0.3) is 0 Å². The molecule has 0 aromatic rings. The molecule has 1 atom stereocenters. The van der Waals surface area contributed by atoms with Gasteiger partial charge in [-0.1, -0.05) is 0 Å². The number of nitrogens with one attached hydrogen (secondary N) is 2. The summed E-state index contributed by atoms with van der Waals surface area (Å²) in [4.78, 5) is 10.8. The highest BCUT2D eigenvalue weighted by molar-refractivity contribution is 7.80. The van der Waals surface area contributed by atoms with Crippen LogP contribution in [0.1, 0.15) is 0 Å². The Morgan fingerprint density at radius 3 is 3.00 bits per heavy atom. The Labute approximate surface area is 63.6 Å². The zero-order chi connectivity index (χ0) is 7.56. The fraction of sp³-hybridized carbons (Fsp3) is 0.600. The molecule has 1 fully saturated rings. The highest BCUT2D eigenvalue weighted by atomic mass is 32.1. The number of amides is 1. The van der Waals surface area contributed by atoms with Crippen LogP contribution in [0.5, 0.6) is 0 Å². The minimum atomic E-state index is -0.355. The topological polar surface area (TPSA) is 61.4 Å². The average Bonchev–Trinajstić information content (AvgIpc) is 1.88. The van der Waals surface area contributed by atoms with E-state index in [4.69, 9.17) is 5.11 Å². The molecule has 0 aliphatic carbocycles. The van der Waals surface area contributed by atoms with Gasteiger partial charge in [-0.25, -0.2) is 0 Å². The SMILES string of the molecule is O=C1NC(=S)NCC1CO. The molecular formula is C5H8N2O2S. The monoisotopic (exact) mass is 160 g/mol. The predicted octanol–water partition coefficient (Wildman–Crippen LogP) is -1.40. The molecule has 4 nitrogen and oxygen atoms in total. The van der Waals surface area contributed by atoms with Crippen LogP contribution in [0.3, 0.4) is 0 Å². The minimum Gasteiger partial charge on any atom is -0.395 e. The van der Waals surface area contributed by atoms with Gasteiger partial charge in [0.15, 0.2) is 5.11 Å². The summed E-state index contributed by atoms with van der Waals surface area (Å²) in [6, 6.07) is 0. The Morgan fingerprint density at radius 1 is 1.80 bits per heavy atom. The van der Waals surface area contributed by atoms with E-state index < -0.39 is 0 Å². The van der Waals surface area contributed by atoms with E-state index in [1.165, 1.54) is 0 Å². The van der Waals surface area contributed by atoms with Crippen LogP contribution in [0.15, 0.2) is 0 Å². The lowest BCUT2D eigenvalue weighted by atomic mass is 10.1. The van der Waals surface area contributed by atoms with Crippen LogP contribution in [0.2, 0.25) is 0 Å². The quantitative estimate of drug-likeness (QED) is 0.413. The Bertz CT molecular complexity index is 171. The molecular weight excluding hydrogens is 152 g/mol. The van der Waals surface area contributed by atoms with Crippen molar-refractivity contribution >= 4 is 23.2 Å². The minimum absolute atomic E-state index is 0.137. The van der Waals surface area contributed by atoms with Crippen LogP contribution >= 0.6 is 12.2 Å². The first-order valence-corrected chi connectivity index (χ1v) is 3.34. The number of rotatable bonds is 1. The van der Waals surface area contributed by atoms with Gasteiger partial charge < -0.3 is 15.7 Å². The number of hydrogen-bond donors (Lipinski definition) is 3. The van der Waals surface area contributed by atoms with Gasteiger partial charge >= 0.3 is 0 Å². The van der Waals surface area contributed by atoms with Gasteiger partial charge in [-0.2, -0.15) is 0 Å². The van der Waals surface area contributed by atoms with E-state index in [-0.39, 0.29) is 18.4 Å². The van der Waals surface area contributed by atoms with Crippen molar-refractivity contribution < 1.29 is 9.90 Å². The van der Waals surface area contributed by atoms with Crippen molar-refractivity contribution in [3.05, 3.63) is 0 Å². The molecule has 1 unspecified atom stereocenters. The second kappa shape index (κ2) is 2.94. The summed E-state index contributed by atoms with van der Waals surface area (Å²) in [5.74, 6) is -0.557. The first-order chi connectivity index (χ1) is 4.74. The molecule has 0 aromatic carbocycles. The maximum absolute atomic E-state index is 10.8. The fourth-order valence-electron chi connectivity index (χ4n) is 0.714. The lowest BCUT2D eigenvalue weighted by Crippen LogP contribution is -2.52. The number of carbonyl (C=O) groups excluding carboxylic acids is 1. The smallest absolute Gasteiger partial charge is 0.233 e. The van der Waals surface area contributed by atoms with E-state index in [0.29, 0.717) is 11.7 Å². The molecule has 1 amide bonds. The van der Waals surface area contributed by atoms with Crippen molar-refractivity contribution in [1.29, 1.82) is 0 Å². The third-order valence-electron chi connectivity index (χ3n) is 1.34. The number of thiocarbonyl (C=S) groups is 1. The lowest BCUT2D eigenvalue weighted by molar-refractivity contribution is -0.125. The average molecular weight is 160 g/mol. The van der Waals surface area contributed by atoms with Gasteiger partial charge in [-0.3, -0.25) is 4.79 Å². The normalized spacial score (nSPS) is 25.5. The maximum Gasteiger partial charge on any atom is 0.233 e. The summed E-state index contributed by atoms with van der Waals surface area (Å²) in [6.45, 7) is 0.294. The van der Waals surface area contributed by atoms with E-state index in [1.807, 2.05) is 0 Å². The number of hydrogen-bond acceptors (Lipinski definition) is 3. The molecule has 0 spiro atoms. The Kier molecular flexibility index (Phi) is 2.18. The lowest BCUT2D eigenvalue weighted by Gasteiger charge is -2.21. The first kappa shape index (κ1) is 7.43. The van der Waals surface area contributed by atoms with Crippen molar-refractivity contribution in [2.24, 2.45) is 5.92 Å². The first-order valence-electron chi connectivity index (χ1n) is 2.93. The molecule has 3 N–H and O–H groups in total. The van der Waals surface area contributed by atoms with Gasteiger partial charge in [-0.15, -0.1) is 0 Å². The summed E-state index contributed by atoms with van der Waals surface area (Å²) < 4.78 is 0. The molecule has 1 rings (SSSR count). The molecule has 56 valence electrons. The van der Waals surface area contributed by atoms with E-state index in [1.54, 1.807) is 0 Å². The highest BCUT2D eigenvalue weighted by Crippen LogP contribution is 1.97. The van der Waals surface area contributed by atoms with Gasteiger partial charge in [0, 0.05) is 6.54 Å². The standard InChI is InChI=1S/C5H8N2O2S/c8-2-3-1-6-5(10)7-4(3)9/h3,8H,1-2H2,(H2,6,7,9,10). The van der Waals surface area contributed by atoms with E-state index in [9.17, 15) is 4.79 Å². The van der Waals surface area contributed by atoms with E-state index in [0.717, 1.165) is 0 Å². The van der Waals surface area contributed by atoms with Crippen molar-refractivity contribution in [3.8, 4) is 0 Å². The molecule has 1 aliphatic heterocycles. The summed E-state index contributed by atoms with van der Waals surface area (Å²) in [5.41, 5.74) is 0. The summed E-state index contributed by atoms with van der Waals surface area (Å²) in [7, 11) is 0. The largest absolute Gasteiger partial charge is 0.395 e. The highest BCUT2D eigenvalue weighted by Gasteiger charge is 2.22. The zero-order valence-corrected chi connectivity index (χ0v) is 6.07. The molecule has 1 heterocycles. The van der Waals surface area contributed by atoms with Gasteiger partial charge in [0.2, 0.25) is 5.91 Å². The van der Waals surface area contributed by atoms with Gasteiger partial charge in [0.1, 0.15) is 0 Å². The fourth-order valence-corrected chi connectivity index (χ4v) is 0.898. The second-order valence-electron chi connectivity index (χ2n) is 2.08. The van der Waals surface area contributed by atoms with Crippen molar-refractivity contribution in [1.82, 2.24) is 10.6 Å². The van der Waals surface area contributed by atoms with Crippen LogP contribution < -0.4 is 10.6 Å². The van der Waals surface area contributed by atoms with Crippen molar-refractivity contribution in [2.75, 3.05) is 13.2 Å². The molecule has 1 saturated heterocycles. The van der Waals surface area contributed by atoms with Crippen molar-refractivity contribution in [2.45, 2.75) is 0 Å². The summed E-state index contributed by atoms with van der Waals surface area (Å²) in [5, 5.41) is 14.1. The van der Waals surface area contributed by atoms with Crippen molar-refractivity contribution in [3.63, 3.8) is 0 Å². The molecule has 10 heavy (non-hydrogen) atoms. The van der Waals surface area contributed by atoms with E-state index in [2.05, 4.69) is 22.9 Å². The zero-order valence-electron chi connectivity index (χ0n) is 5.26. The van der Waals surface area contributed by atoms with Crippen LogP contribution in [0.4, 0.5) is 0 Å². The number of carbonyl (C=O) groups is 1. The summed E-state index contributed by atoms with van der Waals surface area (Å²) >= 11 is 4.66. The third kappa shape index (κ3) is 1.43. The molecule has 0 saturated carbocycles. The number of aliphatic hydroxyl groups is 1. The Balaban J connectivity index is 2.51. The molecule has 0 bridgehead atoms. The number of aliphatic hydroxyl groups excluding tert-OH is 1. The van der Waals surface area contributed by atoms with E-state index >= 15 is 0 Å². The maximum atomic E-state index is 10.8. The van der Waals surface area contributed by atoms with Crippen LogP contribution in [0, 0.1) is 5.92 Å². The van der Waals surface area contributed by atoms with Gasteiger partial charge in [0.05, 0.1) is 12.5 Å². The van der Waals surface area contributed by atoms with Crippen LogP contribution in [-0.4, -0.2) is 29.3 Å². The molecule has 1 aliphatic rings. The van der Waals surface area contributed by atoms with Crippen LogP contribution in [0.25, 0.3) is 0 Å². The molecule has 0 aromatic heterocycles. The second-order valence-corrected chi connectivity index (χ2v) is 2.49. The van der Waals surface area contributed by atoms with Crippen LogP contribution in [-0.2, 0) is 4.79 Å². The molecule has 5 heteroatoms. The Morgan fingerprint density at radius 2 is 2.50 bits per heavy atom. The third-order valence-corrected chi connectivity index (χ3v) is 1.58. The molecule has 0 radical (unpaired) electrons. The van der Waals surface area contributed by atoms with Gasteiger partial charge in [-0.05, 0) is 12.2 Å².